The van der Waals surface area contributed by atoms with Crippen molar-refractivity contribution in [1.29, 1.82) is 0 Å². The maximum absolute atomic E-state index is 12.1. The smallest absolute Gasteiger partial charge is 0.243 e. The van der Waals surface area contributed by atoms with Gasteiger partial charge in [-0.1, -0.05) is 0 Å². The van der Waals surface area contributed by atoms with Gasteiger partial charge in [0.2, 0.25) is 10.0 Å². The van der Waals surface area contributed by atoms with Crippen LogP contribution in [0.4, 0.5) is 0 Å². The van der Waals surface area contributed by atoms with Crippen LogP contribution in [0.3, 0.4) is 0 Å². The van der Waals surface area contributed by atoms with E-state index in [0.717, 1.165) is 19.4 Å². The second kappa shape index (κ2) is 4.75. The first-order valence-corrected chi connectivity index (χ1v) is 7.22. The molecule has 0 aromatic carbocycles. The van der Waals surface area contributed by atoms with Crippen LogP contribution in [-0.4, -0.2) is 36.8 Å². The van der Waals surface area contributed by atoms with E-state index in [4.69, 9.17) is 0 Å². The zero-order valence-corrected chi connectivity index (χ0v) is 10.9. The predicted octanol–water partition coefficient (Wildman–Crippen LogP) is -0.161. The first kappa shape index (κ1) is 12.5. The van der Waals surface area contributed by atoms with Crippen LogP contribution in [0.5, 0.6) is 0 Å². The highest BCUT2D eigenvalue weighted by Gasteiger charge is 2.27. The zero-order chi connectivity index (χ0) is 12.5. The van der Waals surface area contributed by atoms with Crippen LogP contribution in [0.15, 0.2) is 17.3 Å². The molecule has 7 heteroatoms. The molecule has 0 saturated carbocycles. The zero-order valence-electron chi connectivity index (χ0n) is 10.0. The number of nitrogens with zero attached hydrogens (tertiary/aromatic N) is 2. The third-order valence-corrected chi connectivity index (χ3v) is 4.50. The Morgan fingerprint density at radius 2 is 2.35 bits per heavy atom. The molecule has 2 rings (SSSR count). The van der Waals surface area contributed by atoms with E-state index in [1.165, 1.54) is 17.1 Å². The molecule has 0 radical (unpaired) electrons. The minimum absolute atomic E-state index is 0.0473. The van der Waals surface area contributed by atoms with Gasteiger partial charge in [0.1, 0.15) is 4.90 Å². The van der Waals surface area contributed by atoms with Crippen molar-refractivity contribution in [1.82, 2.24) is 19.8 Å². The maximum Gasteiger partial charge on any atom is 0.243 e. The number of hydrogen-bond donors (Lipinski definition) is 2. The van der Waals surface area contributed by atoms with E-state index >= 15 is 0 Å². The van der Waals surface area contributed by atoms with Crippen LogP contribution in [-0.2, 0) is 17.1 Å². The molecule has 1 aromatic rings. The average Bonchev–Trinajstić information content (AvgIpc) is 2.69. The predicted molar refractivity (Wildman–Crippen MR) is 64.0 cm³/mol. The van der Waals surface area contributed by atoms with Crippen LogP contribution in [0.25, 0.3) is 0 Å². The summed E-state index contributed by atoms with van der Waals surface area (Å²) in [6, 6.07) is 0.115. The van der Waals surface area contributed by atoms with Gasteiger partial charge >= 0.3 is 0 Å². The van der Waals surface area contributed by atoms with Crippen LogP contribution in [0.1, 0.15) is 19.8 Å². The Labute approximate surface area is 101 Å². The summed E-state index contributed by atoms with van der Waals surface area (Å²) in [5.74, 6) is 0. The lowest BCUT2D eigenvalue weighted by Gasteiger charge is -2.30. The molecular formula is C10H18N4O2S. The van der Waals surface area contributed by atoms with E-state index in [1.54, 1.807) is 7.05 Å². The van der Waals surface area contributed by atoms with Crippen LogP contribution >= 0.6 is 0 Å². The van der Waals surface area contributed by atoms with Gasteiger partial charge in [-0.3, -0.25) is 4.68 Å². The first-order valence-electron chi connectivity index (χ1n) is 5.73. The van der Waals surface area contributed by atoms with Crippen molar-refractivity contribution < 1.29 is 8.42 Å². The van der Waals surface area contributed by atoms with Gasteiger partial charge in [-0.15, -0.1) is 0 Å². The Morgan fingerprint density at radius 3 is 2.94 bits per heavy atom. The second-order valence-electron chi connectivity index (χ2n) is 4.46. The van der Waals surface area contributed by atoms with E-state index in [2.05, 4.69) is 15.1 Å². The largest absolute Gasteiger partial charge is 0.313 e. The quantitative estimate of drug-likeness (QED) is 0.790. The standard InChI is InChI=1S/C10H18N4O2S/c1-8-10(4-3-5-11-8)13-17(15,16)9-6-12-14(2)7-9/h6-8,10-11,13H,3-5H2,1-2H3/t8-,10+/m0/s1. The van der Waals surface area contributed by atoms with Crippen molar-refractivity contribution >= 4 is 10.0 Å². The minimum Gasteiger partial charge on any atom is -0.313 e. The summed E-state index contributed by atoms with van der Waals surface area (Å²) in [5.41, 5.74) is 0. The summed E-state index contributed by atoms with van der Waals surface area (Å²) in [5, 5.41) is 7.14. The van der Waals surface area contributed by atoms with Gasteiger partial charge in [-0.2, -0.15) is 5.10 Å². The molecule has 96 valence electrons. The molecule has 1 aromatic heterocycles. The molecule has 0 amide bonds. The van der Waals surface area contributed by atoms with Crippen LogP contribution in [0, 0.1) is 0 Å². The summed E-state index contributed by atoms with van der Waals surface area (Å²) in [7, 11) is -1.75. The Kier molecular flexibility index (Phi) is 3.50. The van der Waals surface area contributed by atoms with Crippen molar-refractivity contribution in [2.45, 2.75) is 36.7 Å². The van der Waals surface area contributed by atoms with E-state index in [1.807, 2.05) is 6.92 Å². The molecule has 0 unspecified atom stereocenters. The van der Waals surface area contributed by atoms with Crippen molar-refractivity contribution in [2.24, 2.45) is 7.05 Å². The van der Waals surface area contributed by atoms with E-state index < -0.39 is 10.0 Å². The number of sulfonamides is 1. The number of rotatable bonds is 3. The molecule has 2 N–H and O–H groups in total. The molecule has 2 heterocycles. The van der Waals surface area contributed by atoms with Gasteiger partial charge in [0.15, 0.2) is 0 Å². The summed E-state index contributed by atoms with van der Waals surface area (Å²) in [4.78, 5) is 0.220. The summed E-state index contributed by atoms with van der Waals surface area (Å²) >= 11 is 0. The molecule has 0 aliphatic carbocycles. The third kappa shape index (κ3) is 2.85. The molecule has 1 aliphatic rings. The second-order valence-corrected chi connectivity index (χ2v) is 6.18. The average molecular weight is 258 g/mol. The van der Waals surface area contributed by atoms with E-state index in [-0.39, 0.29) is 17.0 Å². The van der Waals surface area contributed by atoms with Crippen LogP contribution in [0.2, 0.25) is 0 Å². The molecule has 0 bridgehead atoms. The Morgan fingerprint density at radius 1 is 1.59 bits per heavy atom. The number of nitrogens with one attached hydrogen (secondary N) is 2. The monoisotopic (exact) mass is 258 g/mol. The highest BCUT2D eigenvalue weighted by molar-refractivity contribution is 7.89. The summed E-state index contributed by atoms with van der Waals surface area (Å²) in [6.45, 7) is 2.95. The van der Waals surface area contributed by atoms with Crippen LogP contribution < -0.4 is 10.0 Å². The first-order chi connectivity index (χ1) is 7.99. The van der Waals surface area contributed by atoms with E-state index in [9.17, 15) is 8.42 Å². The van der Waals surface area contributed by atoms with Crippen molar-refractivity contribution in [3.05, 3.63) is 12.4 Å². The van der Waals surface area contributed by atoms with Gasteiger partial charge in [0, 0.05) is 25.3 Å². The molecule has 6 nitrogen and oxygen atoms in total. The van der Waals surface area contributed by atoms with Gasteiger partial charge < -0.3 is 5.32 Å². The molecule has 1 fully saturated rings. The number of aryl methyl sites for hydroxylation is 1. The number of piperidine rings is 1. The highest BCUT2D eigenvalue weighted by atomic mass is 32.2. The fraction of sp³-hybridized carbons (Fsp3) is 0.700. The van der Waals surface area contributed by atoms with Gasteiger partial charge in [-0.25, -0.2) is 13.1 Å². The summed E-state index contributed by atoms with van der Waals surface area (Å²) in [6.07, 6.45) is 4.73. The number of aromatic nitrogens is 2. The van der Waals surface area contributed by atoms with E-state index in [0.29, 0.717) is 0 Å². The van der Waals surface area contributed by atoms with Crippen molar-refractivity contribution in [2.75, 3.05) is 6.54 Å². The number of hydrogen-bond acceptors (Lipinski definition) is 4. The normalized spacial score (nSPS) is 26.0. The highest BCUT2D eigenvalue weighted by Crippen LogP contribution is 2.13. The lowest BCUT2D eigenvalue weighted by Crippen LogP contribution is -2.51. The topological polar surface area (TPSA) is 76.0 Å². The lowest BCUT2D eigenvalue weighted by atomic mass is 10.0. The fourth-order valence-corrected chi connectivity index (χ4v) is 3.34. The lowest BCUT2D eigenvalue weighted by molar-refractivity contribution is 0.349. The molecular weight excluding hydrogens is 240 g/mol. The molecule has 0 spiro atoms. The van der Waals surface area contributed by atoms with Gasteiger partial charge in [-0.05, 0) is 26.3 Å². The Bertz CT molecular complexity index is 482. The molecule has 1 saturated heterocycles. The fourth-order valence-electron chi connectivity index (χ4n) is 2.01. The Hall–Kier alpha value is -0.920. The van der Waals surface area contributed by atoms with Gasteiger partial charge in [0.25, 0.3) is 0 Å². The SMILES string of the molecule is C[C@@H]1NCCC[C@H]1NS(=O)(=O)c1cnn(C)c1. The third-order valence-electron chi connectivity index (χ3n) is 3.06. The minimum atomic E-state index is -3.45. The van der Waals surface area contributed by atoms with Crippen molar-refractivity contribution in [3.63, 3.8) is 0 Å². The van der Waals surface area contributed by atoms with Crippen molar-refractivity contribution in [3.8, 4) is 0 Å². The molecule has 2 atom stereocenters. The molecule has 1 aliphatic heterocycles. The Balaban J connectivity index is 2.11. The summed E-state index contributed by atoms with van der Waals surface area (Å²) < 4.78 is 28.3. The van der Waals surface area contributed by atoms with Gasteiger partial charge in [0.05, 0.1) is 6.20 Å². The maximum atomic E-state index is 12.1. The molecule has 17 heavy (non-hydrogen) atoms.